The van der Waals surface area contributed by atoms with Crippen molar-refractivity contribution in [2.45, 2.75) is 19.9 Å². The minimum atomic E-state index is 0.251. The van der Waals surface area contributed by atoms with Crippen molar-refractivity contribution in [3.05, 3.63) is 58.6 Å². The number of halogens is 1. The summed E-state index contributed by atoms with van der Waals surface area (Å²) in [5.41, 5.74) is 4.63. The molecule has 2 aromatic rings. The van der Waals surface area contributed by atoms with Gasteiger partial charge in [-0.2, -0.15) is 0 Å². The molecule has 2 aromatic carbocycles. The lowest BCUT2D eigenvalue weighted by atomic mass is 10.1. The topological polar surface area (TPSA) is 15.3 Å². The number of nitrogens with zero attached hydrogens (tertiary/aromatic N) is 1. The van der Waals surface area contributed by atoms with Crippen LogP contribution in [0.4, 0.5) is 11.4 Å². The summed E-state index contributed by atoms with van der Waals surface area (Å²) in [4.78, 5) is 2.14. The van der Waals surface area contributed by atoms with E-state index in [0.717, 1.165) is 22.0 Å². The number of aryl methyl sites for hydroxylation is 1. The summed E-state index contributed by atoms with van der Waals surface area (Å²) in [6.45, 7) is 4.19. The van der Waals surface area contributed by atoms with Gasteiger partial charge in [0, 0.05) is 29.5 Å². The van der Waals surface area contributed by atoms with Crippen molar-refractivity contribution in [2.75, 3.05) is 19.0 Å². The second-order valence-corrected chi connectivity index (χ2v) is 5.52. The number of nitrogens with one attached hydrogen (secondary N) is 1. The molecule has 2 nitrogen and oxygen atoms in total. The Kier molecular flexibility index (Phi) is 4.69. The summed E-state index contributed by atoms with van der Waals surface area (Å²) in [6, 6.07) is 14.9. The third-order valence-electron chi connectivity index (χ3n) is 3.69. The molecule has 0 aliphatic carbocycles. The van der Waals surface area contributed by atoms with Crippen LogP contribution in [0.2, 0.25) is 5.02 Å². The van der Waals surface area contributed by atoms with Crippen molar-refractivity contribution in [1.29, 1.82) is 0 Å². The van der Waals surface area contributed by atoms with Gasteiger partial charge in [-0.15, -0.1) is 0 Å². The normalized spacial score (nSPS) is 12.2. The second-order valence-electron chi connectivity index (χ2n) is 5.11. The Hall–Kier alpha value is -1.51. The summed E-state index contributed by atoms with van der Waals surface area (Å²) in [5.74, 6) is 0. The highest BCUT2D eigenvalue weighted by molar-refractivity contribution is 6.31. The zero-order chi connectivity index (χ0) is 14.7. The number of hydrogen-bond acceptors (Lipinski definition) is 2. The molecule has 3 heteroatoms. The van der Waals surface area contributed by atoms with E-state index < -0.39 is 0 Å². The lowest BCUT2D eigenvalue weighted by Gasteiger charge is -2.21. The molecule has 2 rings (SSSR count). The molecule has 0 bridgehead atoms. The first-order chi connectivity index (χ1) is 9.52. The first-order valence-corrected chi connectivity index (χ1v) is 7.18. The quantitative estimate of drug-likeness (QED) is 0.877. The van der Waals surface area contributed by atoms with Gasteiger partial charge in [-0.3, -0.25) is 0 Å². The van der Waals surface area contributed by atoms with Gasteiger partial charge in [-0.05, 0) is 50.7 Å². The van der Waals surface area contributed by atoms with E-state index in [9.17, 15) is 0 Å². The number of anilines is 2. The first-order valence-electron chi connectivity index (χ1n) is 6.80. The summed E-state index contributed by atoms with van der Waals surface area (Å²) in [7, 11) is 3.99. The molecular weight excluding hydrogens is 268 g/mol. The first kappa shape index (κ1) is 14.9. The molecule has 20 heavy (non-hydrogen) atoms. The van der Waals surface area contributed by atoms with Gasteiger partial charge in [-0.1, -0.05) is 35.4 Å². The Bertz CT molecular complexity index is 578. The molecule has 0 saturated heterocycles. The van der Waals surface area contributed by atoms with Gasteiger partial charge < -0.3 is 10.2 Å². The lowest BCUT2D eigenvalue weighted by molar-refractivity contribution is 0.652. The van der Waals surface area contributed by atoms with E-state index in [2.05, 4.69) is 67.5 Å². The Balaban J connectivity index is 2.29. The Morgan fingerprint density at radius 3 is 2.20 bits per heavy atom. The largest absolute Gasteiger partial charge is 0.345 e. The van der Waals surface area contributed by atoms with Gasteiger partial charge in [-0.25, -0.2) is 0 Å². The molecule has 0 aliphatic rings. The summed E-state index contributed by atoms with van der Waals surface area (Å²) >= 11 is 6.39. The van der Waals surface area contributed by atoms with Gasteiger partial charge in [0.1, 0.15) is 0 Å². The monoisotopic (exact) mass is 288 g/mol. The van der Waals surface area contributed by atoms with E-state index >= 15 is 0 Å². The lowest BCUT2D eigenvalue weighted by Crippen LogP contribution is -2.14. The fourth-order valence-corrected chi connectivity index (χ4v) is 2.49. The molecule has 0 fully saturated rings. The van der Waals surface area contributed by atoms with Crippen molar-refractivity contribution in [2.24, 2.45) is 0 Å². The summed E-state index contributed by atoms with van der Waals surface area (Å²) < 4.78 is 0. The smallest absolute Gasteiger partial charge is 0.0474 e. The Morgan fingerprint density at radius 2 is 1.65 bits per heavy atom. The van der Waals surface area contributed by atoms with Gasteiger partial charge >= 0.3 is 0 Å². The van der Waals surface area contributed by atoms with Crippen LogP contribution < -0.4 is 10.2 Å². The number of benzene rings is 2. The molecule has 0 aromatic heterocycles. The van der Waals surface area contributed by atoms with Crippen LogP contribution in [-0.2, 0) is 0 Å². The van der Waals surface area contributed by atoms with Crippen LogP contribution in [0.5, 0.6) is 0 Å². The van der Waals surface area contributed by atoms with E-state index in [-0.39, 0.29) is 6.04 Å². The molecule has 0 spiro atoms. The van der Waals surface area contributed by atoms with E-state index in [4.69, 9.17) is 11.6 Å². The Morgan fingerprint density at radius 1 is 1.05 bits per heavy atom. The standard InChI is InChI=1S/C17H21ClN2/c1-12-5-7-14(8-6-12)20(4)15-9-10-16(13(2)19-3)17(18)11-15/h5-11,13,19H,1-4H3. The summed E-state index contributed by atoms with van der Waals surface area (Å²) in [5, 5.41) is 4.01. The molecule has 0 radical (unpaired) electrons. The molecule has 0 heterocycles. The maximum atomic E-state index is 6.39. The van der Waals surface area contributed by atoms with Crippen molar-refractivity contribution in [3.8, 4) is 0 Å². The van der Waals surface area contributed by atoms with Gasteiger partial charge in [0.25, 0.3) is 0 Å². The fraction of sp³-hybridized carbons (Fsp3) is 0.294. The number of rotatable bonds is 4. The zero-order valence-electron chi connectivity index (χ0n) is 12.4. The molecule has 1 N–H and O–H groups in total. The van der Waals surface area contributed by atoms with Gasteiger partial charge in [0.05, 0.1) is 0 Å². The van der Waals surface area contributed by atoms with Crippen molar-refractivity contribution in [1.82, 2.24) is 5.32 Å². The maximum Gasteiger partial charge on any atom is 0.0474 e. The van der Waals surface area contributed by atoms with Gasteiger partial charge in [0.2, 0.25) is 0 Å². The van der Waals surface area contributed by atoms with Crippen LogP contribution in [0.25, 0.3) is 0 Å². The molecule has 0 aliphatic heterocycles. The SMILES string of the molecule is CNC(C)c1ccc(N(C)c2ccc(C)cc2)cc1Cl. The molecule has 106 valence electrons. The van der Waals surface area contributed by atoms with E-state index in [1.807, 2.05) is 13.1 Å². The maximum absolute atomic E-state index is 6.39. The highest BCUT2D eigenvalue weighted by Crippen LogP contribution is 2.30. The molecule has 1 unspecified atom stereocenters. The molecule has 0 saturated carbocycles. The Labute approximate surface area is 126 Å². The van der Waals surface area contributed by atoms with Crippen LogP contribution in [0, 0.1) is 6.92 Å². The van der Waals surface area contributed by atoms with Crippen molar-refractivity contribution < 1.29 is 0 Å². The van der Waals surface area contributed by atoms with Crippen molar-refractivity contribution in [3.63, 3.8) is 0 Å². The third-order valence-corrected chi connectivity index (χ3v) is 4.02. The molecule has 1 atom stereocenters. The van der Waals surface area contributed by atoms with E-state index in [1.54, 1.807) is 0 Å². The van der Waals surface area contributed by atoms with Gasteiger partial charge in [0.15, 0.2) is 0 Å². The van der Waals surface area contributed by atoms with Crippen LogP contribution in [-0.4, -0.2) is 14.1 Å². The fourth-order valence-electron chi connectivity index (χ4n) is 2.15. The highest BCUT2D eigenvalue weighted by Gasteiger charge is 2.10. The minimum Gasteiger partial charge on any atom is -0.345 e. The van der Waals surface area contributed by atoms with Crippen LogP contribution in [0.1, 0.15) is 24.1 Å². The van der Waals surface area contributed by atoms with E-state index in [0.29, 0.717) is 0 Å². The summed E-state index contributed by atoms with van der Waals surface area (Å²) in [6.07, 6.45) is 0. The third kappa shape index (κ3) is 3.14. The van der Waals surface area contributed by atoms with Crippen LogP contribution in [0.3, 0.4) is 0 Å². The predicted molar refractivity (Wildman–Crippen MR) is 88.2 cm³/mol. The van der Waals surface area contributed by atoms with Crippen molar-refractivity contribution >= 4 is 23.0 Å². The predicted octanol–water partition coefficient (Wildman–Crippen LogP) is 4.70. The average molecular weight is 289 g/mol. The average Bonchev–Trinajstić information content (AvgIpc) is 2.46. The zero-order valence-corrected chi connectivity index (χ0v) is 13.2. The van der Waals surface area contributed by atoms with Crippen LogP contribution in [0.15, 0.2) is 42.5 Å². The van der Waals surface area contributed by atoms with E-state index in [1.165, 1.54) is 5.56 Å². The van der Waals surface area contributed by atoms with Crippen LogP contribution >= 0.6 is 11.6 Å². The number of hydrogen-bond donors (Lipinski definition) is 1. The molecule has 0 amide bonds. The minimum absolute atomic E-state index is 0.251. The second kappa shape index (κ2) is 6.29. The molecular formula is C17H21ClN2. The highest BCUT2D eigenvalue weighted by atomic mass is 35.5.